The Morgan fingerprint density at radius 1 is 1.27 bits per heavy atom. The van der Waals surface area contributed by atoms with Crippen LogP contribution in [0.25, 0.3) is 10.9 Å². The van der Waals surface area contributed by atoms with E-state index < -0.39 is 5.97 Å². The van der Waals surface area contributed by atoms with Crippen LogP contribution in [0.15, 0.2) is 48.9 Å². The van der Waals surface area contributed by atoms with Crippen LogP contribution < -0.4 is 0 Å². The van der Waals surface area contributed by atoms with Crippen molar-refractivity contribution >= 4 is 16.9 Å². The van der Waals surface area contributed by atoms with Gasteiger partial charge in [0.25, 0.3) is 0 Å². The average molecular weight is 294 g/mol. The molecule has 2 heterocycles. The van der Waals surface area contributed by atoms with Crippen molar-refractivity contribution in [3.05, 3.63) is 65.6 Å². The molecule has 22 heavy (non-hydrogen) atoms. The summed E-state index contributed by atoms with van der Waals surface area (Å²) < 4.78 is 2.06. The maximum Gasteiger partial charge on any atom is 0.337 e. The molecule has 0 bridgehead atoms. The highest BCUT2D eigenvalue weighted by atomic mass is 16.4. The van der Waals surface area contributed by atoms with Crippen molar-refractivity contribution in [1.29, 1.82) is 0 Å². The quantitative estimate of drug-likeness (QED) is 0.781. The largest absolute Gasteiger partial charge is 0.478 e. The minimum absolute atomic E-state index is 0.375. The van der Waals surface area contributed by atoms with Gasteiger partial charge < -0.3 is 9.67 Å². The molecule has 0 atom stereocenters. The predicted octanol–water partition coefficient (Wildman–Crippen LogP) is 3.68. The lowest BCUT2D eigenvalue weighted by Crippen LogP contribution is -2.00. The van der Waals surface area contributed by atoms with Gasteiger partial charge >= 0.3 is 5.97 Å². The van der Waals surface area contributed by atoms with Crippen LogP contribution in [0.5, 0.6) is 0 Å². The van der Waals surface area contributed by atoms with Crippen molar-refractivity contribution in [1.82, 2.24) is 9.55 Å². The highest BCUT2D eigenvalue weighted by Crippen LogP contribution is 2.25. The molecule has 112 valence electrons. The molecule has 3 rings (SSSR count). The molecule has 0 fully saturated rings. The summed E-state index contributed by atoms with van der Waals surface area (Å²) in [5.41, 5.74) is 3.70. The van der Waals surface area contributed by atoms with Crippen LogP contribution >= 0.6 is 0 Å². The van der Waals surface area contributed by atoms with Crippen LogP contribution in [-0.2, 0) is 13.0 Å². The van der Waals surface area contributed by atoms with Gasteiger partial charge in [-0.1, -0.05) is 24.3 Å². The van der Waals surface area contributed by atoms with Gasteiger partial charge in [-0.3, -0.25) is 4.98 Å². The first-order chi connectivity index (χ1) is 10.7. The Hall–Kier alpha value is -2.62. The SMILES string of the molecule is Cc1cccc2c(C(=O)O)cn(CCCc3cccnc3)c12. The van der Waals surface area contributed by atoms with Gasteiger partial charge in [0.2, 0.25) is 0 Å². The Labute approximate surface area is 129 Å². The van der Waals surface area contributed by atoms with E-state index in [9.17, 15) is 9.90 Å². The number of benzene rings is 1. The van der Waals surface area contributed by atoms with E-state index in [-0.39, 0.29) is 0 Å². The zero-order valence-corrected chi connectivity index (χ0v) is 12.5. The third-order valence-corrected chi connectivity index (χ3v) is 3.92. The maximum absolute atomic E-state index is 11.4. The Bertz CT molecular complexity index is 807. The molecule has 4 nitrogen and oxygen atoms in total. The molecule has 1 N–H and O–H groups in total. The lowest BCUT2D eigenvalue weighted by molar-refractivity contribution is 0.0699. The first kappa shape index (κ1) is 14.3. The van der Waals surface area contributed by atoms with Crippen molar-refractivity contribution in [2.75, 3.05) is 0 Å². The van der Waals surface area contributed by atoms with E-state index >= 15 is 0 Å². The Kier molecular flexibility index (Phi) is 3.92. The van der Waals surface area contributed by atoms with Gasteiger partial charge in [0, 0.05) is 30.5 Å². The molecule has 0 aliphatic heterocycles. The summed E-state index contributed by atoms with van der Waals surface area (Å²) in [4.78, 5) is 15.5. The standard InChI is InChI=1S/C18H18N2O2/c1-13-5-2-8-15-16(18(21)22)12-20(17(13)15)10-4-7-14-6-3-9-19-11-14/h2-3,5-6,8-9,11-12H,4,7,10H2,1H3,(H,21,22). The molecule has 0 saturated heterocycles. The number of carboxylic acids is 1. The van der Waals surface area contributed by atoms with Crippen molar-refractivity contribution in [2.45, 2.75) is 26.3 Å². The number of aromatic carboxylic acids is 1. The number of rotatable bonds is 5. The number of aryl methyl sites for hydroxylation is 3. The fourth-order valence-corrected chi connectivity index (χ4v) is 2.89. The molecule has 0 aliphatic carbocycles. The normalized spacial score (nSPS) is 11.0. The lowest BCUT2D eigenvalue weighted by atomic mass is 10.1. The second-order valence-corrected chi connectivity index (χ2v) is 5.48. The topological polar surface area (TPSA) is 55.1 Å². The van der Waals surface area contributed by atoms with Gasteiger partial charge in [0.05, 0.1) is 11.1 Å². The molecule has 4 heteroatoms. The highest BCUT2D eigenvalue weighted by Gasteiger charge is 2.15. The fourth-order valence-electron chi connectivity index (χ4n) is 2.89. The lowest BCUT2D eigenvalue weighted by Gasteiger charge is -2.07. The summed E-state index contributed by atoms with van der Waals surface area (Å²) in [5.74, 6) is -0.874. The number of hydrogen-bond acceptors (Lipinski definition) is 2. The third-order valence-electron chi connectivity index (χ3n) is 3.92. The summed E-state index contributed by atoms with van der Waals surface area (Å²) in [7, 11) is 0. The van der Waals surface area contributed by atoms with Gasteiger partial charge in [-0.2, -0.15) is 0 Å². The van der Waals surface area contributed by atoms with Gasteiger partial charge in [-0.25, -0.2) is 4.79 Å². The first-order valence-corrected chi connectivity index (χ1v) is 7.37. The molecule has 0 aliphatic rings. The molecule has 3 aromatic rings. The van der Waals surface area contributed by atoms with Crippen molar-refractivity contribution in [3.8, 4) is 0 Å². The smallest absolute Gasteiger partial charge is 0.337 e. The predicted molar refractivity (Wildman–Crippen MR) is 86.2 cm³/mol. The Morgan fingerprint density at radius 3 is 2.86 bits per heavy atom. The van der Waals surface area contributed by atoms with E-state index in [4.69, 9.17) is 0 Å². The number of hydrogen-bond donors (Lipinski definition) is 1. The summed E-state index contributed by atoms with van der Waals surface area (Å²) in [6.45, 7) is 2.81. The molecule has 0 amide bonds. The second kappa shape index (κ2) is 6.02. The molecule has 2 aromatic heterocycles. The fraction of sp³-hybridized carbons (Fsp3) is 0.222. The number of pyridine rings is 1. The zero-order chi connectivity index (χ0) is 15.5. The monoisotopic (exact) mass is 294 g/mol. The summed E-state index contributed by atoms with van der Waals surface area (Å²) in [5, 5.41) is 10.2. The average Bonchev–Trinajstić information content (AvgIpc) is 2.89. The van der Waals surface area contributed by atoms with E-state index in [0.717, 1.165) is 35.9 Å². The van der Waals surface area contributed by atoms with Crippen LogP contribution in [0.4, 0.5) is 0 Å². The van der Waals surface area contributed by atoms with E-state index in [2.05, 4.69) is 15.6 Å². The summed E-state index contributed by atoms with van der Waals surface area (Å²) in [6, 6.07) is 9.81. The number of aromatic nitrogens is 2. The molecular weight excluding hydrogens is 276 g/mol. The Morgan fingerprint density at radius 2 is 2.14 bits per heavy atom. The van der Waals surface area contributed by atoms with E-state index in [1.165, 1.54) is 5.56 Å². The minimum Gasteiger partial charge on any atom is -0.478 e. The van der Waals surface area contributed by atoms with Crippen LogP contribution in [0.2, 0.25) is 0 Å². The van der Waals surface area contributed by atoms with Gasteiger partial charge in [-0.05, 0) is 37.0 Å². The van der Waals surface area contributed by atoms with Gasteiger partial charge in [0.15, 0.2) is 0 Å². The van der Waals surface area contributed by atoms with Crippen molar-refractivity contribution in [3.63, 3.8) is 0 Å². The number of nitrogens with zero attached hydrogens (tertiary/aromatic N) is 2. The minimum atomic E-state index is -0.874. The number of fused-ring (bicyclic) bond motifs is 1. The maximum atomic E-state index is 11.4. The second-order valence-electron chi connectivity index (χ2n) is 5.48. The molecule has 0 saturated carbocycles. The highest BCUT2D eigenvalue weighted by molar-refractivity contribution is 6.04. The Balaban J connectivity index is 1.86. The van der Waals surface area contributed by atoms with Crippen LogP contribution in [0.1, 0.15) is 27.9 Å². The van der Waals surface area contributed by atoms with E-state index in [1.807, 2.05) is 37.4 Å². The van der Waals surface area contributed by atoms with Crippen LogP contribution in [0.3, 0.4) is 0 Å². The van der Waals surface area contributed by atoms with Crippen molar-refractivity contribution < 1.29 is 9.90 Å². The molecule has 1 aromatic carbocycles. The number of carbonyl (C=O) groups is 1. The van der Waals surface area contributed by atoms with Crippen molar-refractivity contribution in [2.24, 2.45) is 0 Å². The van der Waals surface area contributed by atoms with Crippen LogP contribution in [0, 0.1) is 6.92 Å². The summed E-state index contributed by atoms with van der Waals surface area (Å²) >= 11 is 0. The molecule has 0 unspecified atom stereocenters. The van der Waals surface area contributed by atoms with Gasteiger partial charge in [-0.15, -0.1) is 0 Å². The molecule has 0 radical (unpaired) electrons. The molecular formula is C18H18N2O2. The van der Waals surface area contributed by atoms with Crippen LogP contribution in [-0.4, -0.2) is 20.6 Å². The third kappa shape index (κ3) is 2.72. The number of para-hydroxylation sites is 1. The van der Waals surface area contributed by atoms with Gasteiger partial charge in [0.1, 0.15) is 0 Å². The number of carboxylic acid groups (broad SMARTS) is 1. The summed E-state index contributed by atoms with van der Waals surface area (Å²) in [6.07, 6.45) is 7.28. The first-order valence-electron chi connectivity index (χ1n) is 7.37. The van der Waals surface area contributed by atoms with E-state index in [0.29, 0.717) is 5.56 Å². The van der Waals surface area contributed by atoms with E-state index in [1.54, 1.807) is 12.4 Å². The zero-order valence-electron chi connectivity index (χ0n) is 12.5. The molecule has 0 spiro atoms.